The molecule has 0 spiro atoms. The second-order valence-corrected chi connectivity index (χ2v) is 3.80. The number of carbonyl (C=O) groups is 1. The molecular formula is C11H9IO3. The zero-order valence-corrected chi connectivity index (χ0v) is 10.3. The van der Waals surface area contributed by atoms with Crippen LogP contribution in [0.25, 0.3) is 0 Å². The largest absolute Gasteiger partial charge is 0.497 e. The monoisotopic (exact) mass is 316 g/mol. The highest BCUT2D eigenvalue weighted by Gasteiger charge is 2.10. The van der Waals surface area contributed by atoms with Gasteiger partial charge in [0.15, 0.2) is 6.29 Å². The highest BCUT2D eigenvalue weighted by atomic mass is 127. The fourth-order valence-electron chi connectivity index (χ4n) is 1.06. The lowest BCUT2D eigenvalue weighted by Gasteiger charge is -2.09. The normalized spacial score (nSPS) is 9.13. The fourth-order valence-corrected chi connectivity index (χ4v) is 1.83. The molecule has 0 amide bonds. The molecule has 78 valence electrons. The minimum absolute atomic E-state index is 0.142. The number of hydrogen-bond donors (Lipinski definition) is 0. The third kappa shape index (κ3) is 2.86. The summed E-state index contributed by atoms with van der Waals surface area (Å²) in [6, 6.07) is 3.39. The van der Waals surface area contributed by atoms with Crippen molar-refractivity contribution in [2.24, 2.45) is 0 Å². The average molecular weight is 316 g/mol. The van der Waals surface area contributed by atoms with Crippen LogP contribution < -0.4 is 9.47 Å². The van der Waals surface area contributed by atoms with E-state index >= 15 is 0 Å². The molecule has 0 heterocycles. The first-order valence-corrected chi connectivity index (χ1v) is 5.19. The van der Waals surface area contributed by atoms with Crippen molar-refractivity contribution >= 4 is 28.9 Å². The number of aldehydes is 1. The summed E-state index contributed by atoms with van der Waals surface area (Å²) in [5.41, 5.74) is 0.439. The summed E-state index contributed by atoms with van der Waals surface area (Å²) in [5.74, 6) is 3.47. The van der Waals surface area contributed by atoms with E-state index in [-0.39, 0.29) is 6.61 Å². The second kappa shape index (κ2) is 5.61. The number of carbonyl (C=O) groups excluding carboxylic acids is 1. The van der Waals surface area contributed by atoms with Gasteiger partial charge in [0.1, 0.15) is 18.1 Å². The maximum absolute atomic E-state index is 10.8. The molecule has 3 nitrogen and oxygen atoms in total. The summed E-state index contributed by atoms with van der Waals surface area (Å²) >= 11 is 2.07. The Labute approximate surface area is 102 Å². The van der Waals surface area contributed by atoms with Crippen molar-refractivity contribution in [1.82, 2.24) is 0 Å². The number of rotatable bonds is 4. The molecule has 0 fully saturated rings. The van der Waals surface area contributed by atoms with Crippen LogP contribution in [0.15, 0.2) is 12.1 Å². The van der Waals surface area contributed by atoms with Crippen LogP contribution in [0.4, 0.5) is 0 Å². The topological polar surface area (TPSA) is 35.5 Å². The number of methoxy groups -OCH3 is 1. The highest BCUT2D eigenvalue weighted by Crippen LogP contribution is 2.29. The van der Waals surface area contributed by atoms with E-state index in [0.717, 1.165) is 9.86 Å². The molecule has 0 aliphatic carbocycles. The zero-order chi connectivity index (χ0) is 11.3. The molecule has 0 N–H and O–H groups in total. The molecule has 0 saturated heterocycles. The number of ether oxygens (including phenoxy) is 2. The van der Waals surface area contributed by atoms with Gasteiger partial charge in [-0.05, 0) is 34.7 Å². The van der Waals surface area contributed by atoms with E-state index in [9.17, 15) is 4.79 Å². The van der Waals surface area contributed by atoms with Gasteiger partial charge in [-0.25, -0.2) is 0 Å². The van der Waals surface area contributed by atoms with Gasteiger partial charge in [-0.1, -0.05) is 5.92 Å². The van der Waals surface area contributed by atoms with Crippen LogP contribution in [-0.2, 0) is 0 Å². The summed E-state index contributed by atoms with van der Waals surface area (Å²) in [6.45, 7) is 0.142. The lowest BCUT2D eigenvalue weighted by Crippen LogP contribution is -2.00. The van der Waals surface area contributed by atoms with E-state index in [2.05, 4.69) is 28.5 Å². The molecule has 15 heavy (non-hydrogen) atoms. The lowest BCUT2D eigenvalue weighted by molar-refractivity contribution is 0.111. The van der Waals surface area contributed by atoms with Gasteiger partial charge in [-0.3, -0.25) is 4.79 Å². The van der Waals surface area contributed by atoms with E-state index in [4.69, 9.17) is 15.9 Å². The minimum atomic E-state index is 0.142. The highest BCUT2D eigenvalue weighted by molar-refractivity contribution is 14.1. The van der Waals surface area contributed by atoms with Crippen molar-refractivity contribution in [3.8, 4) is 23.8 Å². The Hall–Kier alpha value is -1.22. The molecule has 1 aromatic rings. The molecular weight excluding hydrogens is 307 g/mol. The number of terminal acetylenes is 1. The third-order valence-corrected chi connectivity index (χ3v) is 2.51. The number of halogens is 1. The Morgan fingerprint density at radius 2 is 2.33 bits per heavy atom. The summed E-state index contributed by atoms with van der Waals surface area (Å²) < 4.78 is 11.1. The minimum Gasteiger partial charge on any atom is -0.497 e. The Bertz CT molecular complexity index is 407. The van der Waals surface area contributed by atoms with Crippen LogP contribution in [0.5, 0.6) is 11.5 Å². The van der Waals surface area contributed by atoms with Gasteiger partial charge in [-0.2, -0.15) is 0 Å². The number of benzene rings is 1. The van der Waals surface area contributed by atoms with Crippen molar-refractivity contribution in [3.05, 3.63) is 21.3 Å². The van der Waals surface area contributed by atoms with Crippen LogP contribution in [0.3, 0.4) is 0 Å². The number of hydrogen-bond acceptors (Lipinski definition) is 3. The molecule has 0 bridgehead atoms. The smallest absolute Gasteiger partial charge is 0.153 e. The predicted octanol–water partition coefficient (Wildman–Crippen LogP) is 2.12. The summed E-state index contributed by atoms with van der Waals surface area (Å²) in [6.07, 6.45) is 5.80. The third-order valence-electron chi connectivity index (χ3n) is 1.71. The van der Waals surface area contributed by atoms with Crippen LogP contribution >= 0.6 is 22.6 Å². The molecule has 0 radical (unpaired) electrons. The Morgan fingerprint density at radius 3 is 2.87 bits per heavy atom. The van der Waals surface area contributed by atoms with Crippen molar-refractivity contribution in [3.63, 3.8) is 0 Å². The van der Waals surface area contributed by atoms with Gasteiger partial charge < -0.3 is 9.47 Å². The van der Waals surface area contributed by atoms with Gasteiger partial charge in [0.25, 0.3) is 0 Å². The van der Waals surface area contributed by atoms with E-state index in [1.807, 2.05) is 0 Å². The van der Waals surface area contributed by atoms with Gasteiger partial charge in [0.2, 0.25) is 0 Å². The summed E-state index contributed by atoms with van der Waals surface area (Å²) in [5, 5.41) is 0. The average Bonchev–Trinajstić information content (AvgIpc) is 2.26. The molecule has 0 aliphatic heterocycles. The van der Waals surface area contributed by atoms with Crippen molar-refractivity contribution < 1.29 is 14.3 Å². The Morgan fingerprint density at radius 1 is 1.60 bits per heavy atom. The van der Waals surface area contributed by atoms with Gasteiger partial charge in [0, 0.05) is 0 Å². The van der Waals surface area contributed by atoms with E-state index in [1.54, 1.807) is 19.2 Å². The van der Waals surface area contributed by atoms with Gasteiger partial charge in [-0.15, -0.1) is 6.42 Å². The lowest BCUT2D eigenvalue weighted by atomic mass is 10.2. The first-order valence-electron chi connectivity index (χ1n) is 4.12. The summed E-state index contributed by atoms with van der Waals surface area (Å²) in [4.78, 5) is 10.8. The van der Waals surface area contributed by atoms with E-state index in [0.29, 0.717) is 17.1 Å². The van der Waals surface area contributed by atoms with Gasteiger partial charge >= 0.3 is 0 Å². The molecule has 0 unspecified atom stereocenters. The quantitative estimate of drug-likeness (QED) is 0.485. The van der Waals surface area contributed by atoms with Crippen LogP contribution in [0, 0.1) is 15.9 Å². The van der Waals surface area contributed by atoms with Gasteiger partial charge in [0.05, 0.1) is 16.2 Å². The molecule has 1 rings (SSSR count). The summed E-state index contributed by atoms with van der Waals surface area (Å²) in [7, 11) is 1.54. The van der Waals surface area contributed by atoms with Crippen LogP contribution in [0.2, 0.25) is 0 Å². The Kier molecular flexibility index (Phi) is 4.43. The van der Waals surface area contributed by atoms with Crippen molar-refractivity contribution in [2.75, 3.05) is 13.7 Å². The second-order valence-electron chi connectivity index (χ2n) is 2.64. The van der Waals surface area contributed by atoms with Crippen molar-refractivity contribution in [1.29, 1.82) is 0 Å². The molecule has 0 aliphatic rings. The maximum Gasteiger partial charge on any atom is 0.153 e. The Balaban J connectivity index is 3.13. The van der Waals surface area contributed by atoms with Crippen LogP contribution in [-0.4, -0.2) is 20.0 Å². The molecule has 0 aromatic heterocycles. The van der Waals surface area contributed by atoms with E-state index in [1.165, 1.54) is 0 Å². The standard InChI is InChI=1S/C11H9IO3/c1-3-4-15-11-8(7-13)5-9(14-2)6-10(11)12/h1,5-7H,4H2,2H3. The molecule has 0 saturated carbocycles. The first kappa shape index (κ1) is 11.9. The zero-order valence-electron chi connectivity index (χ0n) is 8.12. The molecule has 1 aromatic carbocycles. The predicted molar refractivity (Wildman–Crippen MR) is 65.4 cm³/mol. The van der Waals surface area contributed by atoms with Crippen LogP contribution in [0.1, 0.15) is 10.4 Å². The first-order chi connectivity index (χ1) is 7.22. The molecule has 4 heteroatoms. The molecule has 0 atom stereocenters. The van der Waals surface area contributed by atoms with Crippen molar-refractivity contribution in [2.45, 2.75) is 0 Å². The fraction of sp³-hybridized carbons (Fsp3) is 0.182. The SMILES string of the molecule is C#CCOc1c(I)cc(OC)cc1C=O. The van der Waals surface area contributed by atoms with E-state index < -0.39 is 0 Å². The maximum atomic E-state index is 10.8.